The third-order valence-electron chi connectivity index (χ3n) is 3.06. The summed E-state index contributed by atoms with van der Waals surface area (Å²) in [4.78, 5) is 4.54. The Morgan fingerprint density at radius 1 is 1.10 bits per heavy atom. The van der Waals surface area contributed by atoms with E-state index in [-0.39, 0.29) is 5.52 Å². The number of fused-ring (bicyclic) bond motifs is 1. The highest BCUT2D eigenvalue weighted by Crippen LogP contribution is 2.27. The van der Waals surface area contributed by atoms with Gasteiger partial charge < -0.3 is 4.18 Å². The van der Waals surface area contributed by atoms with Crippen molar-refractivity contribution in [1.82, 2.24) is 4.98 Å². The molecule has 1 heterocycles. The van der Waals surface area contributed by atoms with Crippen LogP contribution in [-0.4, -0.2) is 9.19 Å². The van der Waals surface area contributed by atoms with Crippen molar-refractivity contribution in [3.05, 3.63) is 66.1 Å². The number of aromatic nitrogens is 1. The van der Waals surface area contributed by atoms with Crippen LogP contribution in [0, 0.1) is 12.7 Å². The first kappa shape index (κ1) is 13.7. The van der Waals surface area contributed by atoms with Gasteiger partial charge in [0.15, 0.2) is 5.75 Å². The van der Waals surface area contributed by atoms with E-state index in [0.717, 1.165) is 5.56 Å². The normalized spacial score (nSPS) is 12.3. The van der Waals surface area contributed by atoms with Crippen LogP contribution in [0.25, 0.3) is 10.9 Å². The van der Waals surface area contributed by atoms with Crippen LogP contribution in [0.1, 0.15) is 5.56 Å². The van der Waals surface area contributed by atoms with Crippen LogP contribution in [0.5, 0.6) is 5.75 Å². The topological polar surface area (TPSA) is 39.2 Å². The van der Waals surface area contributed by atoms with Crippen LogP contribution in [0.2, 0.25) is 0 Å². The third-order valence-corrected chi connectivity index (χ3v) is 4.05. The number of pyridine rings is 1. The average molecular weight is 301 g/mol. The number of rotatable bonds is 3. The zero-order valence-electron chi connectivity index (χ0n) is 11.2. The molecule has 0 N–H and O–H groups in total. The van der Waals surface area contributed by atoms with Gasteiger partial charge in [-0.15, -0.1) is 0 Å². The summed E-state index contributed by atoms with van der Waals surface area (Å²) in [5.41, 5.74) is 1.28. The second kappa shape index (κ2) is 5.61. The van der Waals surface area contributed by atoms with Crippen molar-refractivity contribution in [3.63, 3.8) is 0 Å². The van der Waals surface area contributed by atoms with Gasteiger partial charge in [0, 0.05) is 17.6 Å². The number of nitrogens with zero attached hydrogens (tertiary/aromatic N) is 1. The second-order valence-electron chi connectivity index (χ2n) is 4.58. The molecule has 0 saturated heterocycles. The number of halogens is 1. The van der Waals surface area contributed by atoms with Gasteiger partial charge in [-0.3, -0.25) is 4.98 Å². The third kappa shape index (κ3) is 2.78. The van der Waals surface area contributed by atoms with Gasteiger partial charge in [0.1, 0.15) is 11.3 Å². The van der Waals surface area contributed by atoms with Crippen molar-refractivity contribution in [3.8, 4) is 5.75 Å². The summed E-state index contributed by atoms with van der Waals surface area (Å²) < 4.78 is 31.4. The lowest BCUT2D eigenvalue weighted by Crippen LogP contribution is -2.02. The summed E-state index contributed by atoms with van der Waals surface area (Å²) in [5, 5.41) is 0.498. The van der Waals surface area contributed by atoms with E-state index in [1.807, 2.05) is 19.1 Å². The maximum absolute atomic E-state index is 13.7. The number of hydrogen-bond acceptors (Lipinski definition) is 3. The Labute approximate surface area is 124 Å². The van der Waals surface area contributed by atoms with E-state index in [0.29, 0.717) is 16.0 Å². The monoisotopic (exact) mass is 301 g/mol. The lowest BCUT2D eigenvalue weighted by atomic mass is 10.2. The number of benzene rings is 2. The van der Waals surface area contributed by atoms with Crippen molar-refractivity contribution < 1.29 is 12.8 Å². The average Bonchev–Trinajstić information content (AvgIpc) is 2.49. The van der Waals surface area contributed by atoms with Gasteiger partial charge in [-0.2, -0.15) is 0 Å². The van der Waals surface area contributed by atoms with Crippen LogP contribution in [-0.2, 0) is 11.1 Å². The molecular formula is C16H12FNO2S. The molecule has 0 spiro atoms. The molecule has 1 atom stereocenters. The van der Waals surface area contributed by atoms with Gasteiger partial charge in [-0.1, -0.05) is 23.8 Å². The first-order valence-electron chi connectivity index (χ1n) is 6.35. The molecule has 0 aliphatic heterocycles. The number of para-hydroxylation sites is 1. The summed E-state index contributed by atoms with van der Waals surface area (Å²) in [6.07, 6.45) is 1.44. The largest absolute Gasteiger partial charge is 0.396 e. The van der Waals surface area contributed by atoms with E-state index in [1.165, 1.54) is 12.3 Å². The van der Waals surface area contributed by atoms with Gasteiger partial charge >= 0.3 is 0 Å². The molecule has 21 heavy (non-hydrogen) atoms. The molecule has 3 aromatic rings. The van der Waals surface area contributed by atoms with Crippen molar-refractivity contribution in [2.75, 3.05) is 0 Å². The Morgan fingerprint density at radius 3 is 2.62 bits per heavy atom. The maximum atomic E-state index is 13.7. The van der Waals surface area contributed by atoms with Crippen LogP contribution >= 0.6 is 0 Å². The molecule has 1 unspecified atom stereocenters. The minimum absolute atomic E-state index is 0.205. The van der Waals surface area contributed by atoms with Crippen LogP contribution in [0.3, 0.4) is 0 Å². The fraction of sp³-hybridized carbons (Fsp3) is 0.0625. The Morgan fingerprint density at radius 2 is 1.86 bits per heavy atom. The standard InChI is InChI=1S/C16H12FNO2S/c1-11-5-7-12(8-6-11)21(19)20-15-9-10-18-16-13(15)3-2-4-14(16)17/h2-10H,1H3. The van der Waals surface area contributed by atoms with Crippen molar-refractivity contribution in [1.29, 1.82) is 0 Å². The predicted molar refractivity (Wildman–Crippen MR) is 79.9 cm³/mol. The number of aryl methyl sites for hydroxylation is 1. The Balaban J connectivity index is 1.96. The predicted octanol–water partition coefficient (Wildman–Crippen LogP) is 3.78. The van der Waals surface area contributed by atoms with E-state index in [9.17, 15) is 8.60 Å². The first-order chi connectivity index (χ1) is 10.1. The Bertz CT molecular complexity index is 818. The lowest BCUT2D eigenvalue weighted by Gasteiger charge is -2.08. The highest BCUT2D eigenvalue weighted by atomic mass is 32.2. The summed E-state index contributed by atoms with van der Waals surface area (Å²) in [6, 6.07) is 13.4. The van der Waals surface area contributed by atoms with Gasteiger partial charge in [0.2, 0.25) is 11.1 Å². The minimum atomic E-state index is -1.66. The quantitative estimate of drug-likeness (QED) is 0.739. The highest BCUT2D eigenvalue weighted by Gasteiger charge is 2.11. The molecule has 2 aromatic carbocycles. The fourth-order valence-corrected chi connectivity index (χ4v) is 2.73. The molecule has 106 valence electrons. The van der Waals surface area contributed by atoms with Crippen molar-refractivity contribution in [2.24, 2.45) is 0 Å². The van der Waals surface area contributed by atoms with Gasteiger partial charge in [0.05, 0.1) is 4.90 Å². The molecule has 5 heteroatoms. The van der Waals surface area contributed by atoms with E-state index in [4.69, 9.17) is 4.18 Å². The first-order valence-corrected chi connectivity index (χ1v) is 7.42. The summed E-state index contributed by atoms with van der Waals surface area (Å²) in [5.74, 6) is -0.0857. The van der Waals surface area contributed by atoms with E-state index in [1.54, 1.807) is 30.3 Å². The smallest absolute Gasteiger partial charge is 0.240 e. The molecule has 0 aliphatic rings. The van der Waals surface area contributed by atoms with Crippen molar-refractivity contribution in [2.45, 2.75) is 11.8 Å². The summed E-state index contributed by atoms with van der Waals surface area (Å²) in [7, 11) is 0. The van der Waals surface area contributed by atoms with Gasteiger partial charge in [-0.05, 0) is 31.2 Å². The summed E-state index contributed by atoms with van der Waals surface area (Å²) >= 11 is -1.66. The molecule has 0 radical (unpaired) electrons. The van der Waals surface area contributed by atoms with Crippen LogP contribution in [0.4, 0.5) is 4.39 Å². The molecule has 0 amide bonds. The van der Waals surface area contributed by atoms with Gasteiger partial charge in [-0.25, -0.2) is 8.60 Å². The second-order valence-corrected chi connectivity index (χ2v) is 5.68. The van der Waals surface area contributed by atoms with E-state index >= 15 is 0 Å². The molecule has 3 rings (SSSR count). The van der Waals surface area contributed by atoms with Crippen LogP contribution in [0.15, 0.2) is 59.6 Å². The minimum Gasteiger partial charge on any atom is -0.396 e. The van der Waals surface area contributed by atoms with E-state index in [2.05, 4.69) is 4.98 Å². The van der Waals surface area contributed by atoms with E-state index < -0.39 is 16.9 Å². The molecule has 3 nitrogen and oxygen atoms in total. The Hall–Kier alpha value is -2.27. The SMILES string of the molecule is Cc1ccc(S(=O)Oc2ccnc3c(F)cccc23)cc1. The molecule has 0 aliphatic carbocycles. The number of hydrogen-bond donors (Lipinski definition) is 0. The molecule has 0 bridgehead atoms. The maximum Gasteiger partial charge on any atom is 0.240 e. The summed E-state index contributed by atoms with van der Waals surface area (Å²) in [6.45, 7) is 1.95. The zero-order valence-corrected chi connectivity index (χ0v) is 12.1. The molecule has 1 aromatic heterocycles. The van der Waals surface area contributed by atoms with Gasteiger partial charge in [0.25, 0.3) is 0 Å². The molecular weight excluding hydrogens is 289 g/mol. The van der Waals surface area contributed by atoms with Crippen LogP contribution < -0.4 is 4.18 Å². The molecule has 0 fully saturated rings. The highest BCUT2D eigenvalue weighted by molar-refractivity contribution is 7.80. The molecule has 0 saturated carbocycles. The Kier molecular flexibility index (Phi) is 3.66. The van der Waals surface area contributed by atoms with Crippen molar-refractivity contribution >= 4 is 22.0 Å². The zero-order chi connectivity index (χ0) is 14.8. The fourth-order valence-electron chi connectivity index (χ4n) is 1.97. The lowest BCUT2D eigenvalue weighted by molar-refractivity contribution is 0.565.